The minimum absolute atomic E-state index is 0.133. The zero-order valence-corrected chi connectivity index (χ0v) is 10.6. The highest BCUT2D eigenvalue weighted by molar-refractivity contribution is 5.88. The van der Waals surface area contributed by atoms with Gasteiger partial charge in [0.2, 0.25) is 0 Å². The smallest absolute Gasteiger partial charge is 0.419 e. The molecule has 0 bridgehead atoms. The maximum absolute atomic E-state index is 13.1. The molecule has 2 aromatic heterocycles. The van der Waals surface area contributed by atoms with E-state index in [4.69, 9.17) is 0 Å². The van der Waals surface area contributed by atoms with Crippen molar-refractivity contribution in [1.82, 2.24) is 9.38 Å². The lowest BCUT2D eigenvalue weighted by atomic mass is 10.1. The van der Waals surface area contributed by atoms with Gasteiger partial charge in [-0.1, -0.05) is 0 Å². The Morgan fingerprint density at radius 1 is 1.40 bits per heavy atom. The molecule has 0 N–H and O–H groups in total. The van der Waals surface area contributed by atoms with E-state index in [9.17, 15) is 18.0 Å². The normalized spacial score (nSPS) is 15.6. The van der Waals surface area contributed by atoms with E-state index >= 15 is 0 Å². The van der Waals surface area contributed by atoms with Crippen LogP contribution in [0.25, 0.3) is 5.65 Å². The Labute approximate surface area is 112 Å². The van der Waals surface area contributed by atoms with Crippen LogP contribution in [-0.4, -0.2) is 22.5 Å². The summed E-state index contributed by atoms with van der Waals surface area (Å²) in [6, 6.07) is 1.13. The van der Waals surface area contributed by atoms with Crippen molar-refractivity contribution < 1.29 is 22.7 Å². The number of nitrogens with zero attached hydrogens (tertiary/aromatic N) is 2. The maximum Gasteiger partial charge on any atom is 0.419 e. The number of fused-ring (bicyclic) bond motifs is 1. The van der Waals surface area contributed by atoms with Gasteiger partial charge in [-0.2, -0.15) is 13.2 Å². The Morgan fingerprint density at radius 2 is 2.10 bits per heavy atom. The molecule has 4 nitrogen and oxygen atoms in total. The number of alkyl halides is 3. The fourth-order valence-corrected chi connectivity index (χ4v) is 2.17. The molecule has 1 aliphatic rings. The third-order valence-electron chi connectivity index (χ3n) is 3.32. The Kier molecular flexibility index (Phi) is 2.74. The van der Waals surface area contributed by atoms with Gasteiger partial charge in [0.05, 0.1) is 12.7 Å². The van der Waals surface area contributed by atoms with Crippen LogP contribution in [-0.2, 0) is 10.9 Å². The van der Waals surface area contributed by atoms with Crippen LogP contribution in [0.4, 0.5) is 13.2 Å². The number of hydrogen-bond donors (Lipinski definition) is 0. The highest BCUT2D eigenvalue weighted by atomic mass is 19.4. The highest BCUT2D eigenvalue weighted by Crippen LogP contribution is 2.42. The summed E-state index contributed by atoms with van der Waals surface area (Å²) in [6.07, 6.45) is 0.136. The topological polar surface area (TPSA) is 43.6 Å². The van der Waals surface area contributed by atoms with Gasteiger partial charge in [0.25, 0.3) is 0 Å². The Hall–Kier alpha value is -2.05. The van der Waals surface area contributed by atoms with Crippen LogP contribution in [0.2, 0.25) is 0 Å². The van der Waals surface area contributed by atoms with Crippen LogP contribution < -0.4 is 0 Å². The number of hydrogen-bond acceptors (Lipinski definition) is 3. The van der Waals surface area contributed by atoms with Gasteiger partial charge in [-0.3, -0.25) is 0 Å². The number of imidazole rings is 1. The Balaban J connectivity index is 2.22. The molecule has 2 aromatic rings. The minimum atomic E-state index is -4.51. The van der Waals surface area contributed by atoms with Gasteiger partial charge < -0.3 is 9.14 Å². The number of ether oxygens (including phenoxy) is 1. The molecule has 3 rings (SSSR count). The monoisotopic (exact) mass is 284 g/mol. The molecular formula is C13H11F3N2O2. The molecule has 0 aliphatic heterocycles. The van der Waals surface area contributed by atoms with Gasteiger partial charge >= 0.3 is 12.1 Å². The van der Waals surface area contributed by atoms with Crippen LogP contribution in [0.15, 0.2) is 18.5 Å². The van der Waals surface area contributed by atoms with Crippen LogP contribution in [0.3, 0.4) is 0 Å². The third kappa shape index (κ3) is 2.13. The summed E-state index contributed by atoms with van der Waals surface area (Å²) < 4.78 is 45.1. The molecule has 0 saturated heterocycles. The van der Waals surface area contributed by atoms with E-state index < -0.39 is 17.7 Å². The molecule has 1 aliphatic carbocycles. The van der Waals surface area contributed by atoms with Gasteiger partial charge in [0.15, 0.2) is 5.69 Å². The van der Waals surface area contributed by atoms with Gasteiger partial charge in [-0.05, 0) is 30.4 Å². The Bertz CT molecular complexity index is 687. The second kappa shape index (κ2) is 4.22. The molecule has 0 unspecified atom stereocenters. The fraction of sp³-hybridized carbons (Fsp3) is 0.385. The van der Waals surface area contributed by atoms with E-state index in [0.29, 0.717) is 5.56 Å². The number of methoxy groups -OCH3 is 1. The standard InChI is InChI=1S/C13H11F3N2O2/c1-20-12(19)10-6-18-5-8(7-2-3-7)4-9(11(18)17-10)13(14,15)16/h4-7H,2-3H2,1H3. The number of carbonyl (C=O) groups excluding carboxylic acids is 1. The summed E-state index contributed by atoms with van der Waals surface area (Å²) >= 11 is 0. The molecule has 0 radical (unpaired) electrons. The van der Waals surface area contributed by atoms with Crippen LogP contribution in [0.1, 0.15) is 40.4 Å². The zero-order valence-electron chi connectivity index (χ0n) is 10.6. The van der Waals surface area contributed by atoms with E-state index in [2.05, 4.69) is 9.72 Å². The number of aromatic nitrogens is 2. The lowest BCUT2D eigenvalue weighted by molar-refractivity contribution is -0.136. The number of pyridine rings is 1. The molecule has 1 fully saturated rings. The molecule has 2 heterocycles. The average molecular weight is 284 g/mol. The van der Waals surface area contributed by atoms with Crippen molar-refractivity contribution in [3.63, 3.8) is 0 Å². The molecule has 20 heavy (non-hydrogen) atoms. The second-order valence-corrected chi connectivity index (χ2v) is 4.81. The second-order valence-electron chi connectivity index (χ2n) is 4.81. The summed E-state index contributed by atoms with van der Waals surface area (Å²) in [4.78, 5) is 15.1. The summed E-state index contributed by atoms with van der Waals surface area (Å²) in [5.41, 5.74) is -0.607. The van der Waals surface area contributed by atoms with E-state index in [1.54, 1.807) is 6.20 Å². The predicted octanol–water partition coefficient (Wildman–Crippen LogP) is 3.02. The molecule has 7 heteroatoms. The zero-order chi connectivity index (χ0) is 14.5. The van der Waals surface area contributed by atoms with Crippen LogP contribution in [0.5, 0.6) is 0 Å². The van der Waals surface area contributed by atoms with E-state index in [-0.39, 0.29) is 17.3 Å². The summed E-state index contributed by atoms with van der Waals surface area (Å²) in [5, 5.41) is 0. The van der Waals surface area contributed by atoms with E-state index in [1.165, 1.54) is 10.6 Å². The summed E-state index contributed by atoms with van der Waals surface area (Å²) in [7, 11) is 1.16. The first kappa shape index (κ1) is 13.0. The summed E-state index contributed by atoms with van der Waals surface area (Å²) in [5.74, 6) is -0.584. The van der Waals surface area contributed by atoms with Crippen molar-refractivity contribution in [3.05, 3.63) is 35.3 Å². The number of esters is 1. The van der Waals surface area contributed by atoms with Gasteiger partial charge in [-0.15, -0.1) is 0 Å². The summed E-state index contributed by atoms with van der Waals surface area (Å²) in [6.45, 7) is 0. The van der Waals surface area contributed by atoms with E-state index in [1.807, 2.05) is 0 Å². The minimum Gasteiger partial charge on any atom is -0.464 e. The first-order valence-electron chi connectivity index (χ1n) is 6.08. The van der Waals surface area contributed by atoms with Crippen molar-refractivity contribution >= 4 is 11.6 Å². The van der Waals surface area contributed by atoms with Gasteiger partial charge in [-0.25, -0.2) is 9.78 Å². The van der Waals surface area contributed by atoms with Gasteiger partial charge in [0, 0.05) is 12.4 Å². The quantitative estimate of drug-likeness (QED) is 0.796. The molecule has 0 amide bonds. The highest BCUT2D eigenvalue weighted by Gasteiger charge is 2.36. The first-order chi connectivity index (χ1) is 9.40. The lowest BCUT2D eigenvalue weighted by Gasteiger charge is -2.10. The number of rotatable bonds is 2. The van der Waals surface area contributed by atoms with Crippen molar-refractivity contribution in [2.45, 2.75) is 24.9 Å². The molecule has 0 aromatic carbocycles. The molecule has 0 spiro atoms. The molecular weight excluding hydrogens is 273 g/mol. The fourth-order valence-electron chi connectivity index (χ4n) is 2.17. The first-order valence-corrected chi connectivity index (χ1v) is 6.08. The van der Waals surface area contributed by atoms with Crippen LogP contribution in [0, 0.1) is 0 Å². The average Bonchev–Trinajstić information content (AvgIpc) is 3.14. The molecule has 0 atom stereocenters. The van der Waals surface area contributed by atoms with Crippen molar-refractivity contribution in [3.8, 4) is 0 Å². The number of carbonyl (C=O) groups is 1. The lowest BCUT2D eigenvalue weighted by Crippen LogP contribution is -2.09. The molecule has 1 saturated carbocycles. The van der Waals surface area contributed by atoms with Crippen molar-refractivity contribution in [2.24, 2.45) is 0 Å². The number of halogens is 3. The Morgan fingerprint density at radius 3 is 2.65 bits per heavy atom. The maximum atomic E-state index is 13.1. The van der Waals surface area contributed by atoms with Crippen molar-refractivity contribution in [1.29, 1.82) is 0 Å². The molecule has 106 valence electrons. The predicted molar refractivity (Wildman–Crippen MR) is 63.5 cm³/mol. The van der Waals surface area contributed by atoms with Gasteiger partial charge in [0.1, 0.15) is 5.65 Å². The SMILES string of the molecule is COC(=O)c1cn2cc(C3CC3)cc(C(F)(F)F)c2n1. The van der Waals surface area contributed by atoms with E-state index in [0.717, 1.165) is 26.0 Å². The largest absolute Gasteiger partial charge is 0.464 e. The van der Waals surface area contributed by atoms with Crippen molar-refractivity contribution in [2.75, 3.05) is 7.11 Å². The van der Waals surface area contributed by atoms with Crippen LogP contribution >= 0.6 is 0 Å². The third-order valence-corrected chi connectivity index (χ3v) is 3.32.